The van der Waals surface area contributed by atoms with E-state index in [1.807, 2.05) is 0 Å². The molecule has 0 spiro atoms. The molecule has 2 nitrogen and oxygen atoms in total. The Morgan fingerprint density at radius 2 is 1.61 bits per heavy atom. The van der Waals surface area contributed by atoms with Gasteiger partial charge in [-0.3, -0.25) is 4.90 Å². The third-order valence-electron chi connectivity index (χ3n) is 3.98. The number of rotatable bonds is 10. The molecule has 1 heterocycles. The lowest BCUT2D eigenvalue weighted by atomic mass is 10.0. The van der Waals surface area contributed by atoms with Gasteiger partial charge in [0, 0.05) is 37.2 Å². The second-order valence-corrected chi connectivity index (χ2v) is 6.67. The molecule has 2 N–H and O–H groups in total. The van der Waals surface area contributed by atoms with Crippen LogP contribution < -0.4 is 5.73 Å². The van der Waals surface area contributed by atoms with Crippen LogP contribution in [0.2, 0.25) is 0 Å². The number of hydrogen-bond donors (Lipinski definition) is 1. The second kappa shape index (κ2) is 11.1. The first-order valence-electron chi connectivity index (χ1n) is 7.90. The van der Waals surface area contributed by atoms with E-state index in [9.17, 15) is 0 Å². The lowest BCUT2D eigenvalue weighted by molar-refractivity contribution is 0.206. The molecule has 108 valence electrons. The lowest BCUT2D eigenvalue weighted by Gasteiger charge is -2.33. The van der Waals surface area contributed by atoms with E-state index in [1.54, 1.807) is 0 Å². The van der Waals surface area contributed by atoms with Crippen molar-refractivity contribution in [2.45, 2.75) is 64.3 Å². The molecule has 1 aliphatic rings. The lowest BCUT2D eigenvalue weighted by Crippen LogP contribution is -2.45. The summed E-state index contributed by atoms with van der Waals surface area (Å²) < 4.78 is 0. The van der Waals surface area contributed by atoms with E-state index in [1.165, 1.54) is 76.0 Å². The molecule has 1 aliphatic heterocycles. The Labute approximate surface area is 118 Å². The van der Waals surface area contributed by atoms with Crippen LogP contribution in [-0.2, 0) is 0 Å². The van der Waals surface area contributed by atoms with Crippen molar-refractivity contribution in [3.05, 3.63) is 0 Å². The molecule has 0 aromatic heterocycles. The molecule has 1 saturated heterocycles. The van der Waals surface area contributed by atoms with E-state index in [0.717, 1.165) is 6.54 Å². The summed E-state index contributed by atoms with van der Waals surface area (Å²) in [5, 5.41) is 0. The van der Waals surface area contributed by atoms with Crippen molar-refractivity contribution in [2.75, 3.05) is 31.1 Å². The van der Waals surface area contributed by atoms with Gasteiger partial charge in [-0.25, -0.2) is 0 Å². The van der Waals surface area contributed by atoms with Gasteiger partial charge in [-0.15, -0.1) is 0 Å². The molecule has 0 saturated carbocycles. The van der Waals surface area contributed by atoms with Crippen LogP contribution in [0.15, 0.2) is 0 Å². The first-order valence-corrected chi connectivity index (χ1v) is 9.05. The second-order valence-electron chi connectivity index (χ2n) is 5.45. The molecule has 0 bridgehead atoms. The average molecular weight is 273 g/mol. The maximum absolute atomic E-state index is 5.94. The van der Waals surface area contributed by atoms with Gasteiger partial charge >= 0.3 is 0 Å². The summed E-state index contributed by atoms with van der Waals surface area (Å²) in [6.45, 7) is 5.63. The van der Waals surface area contributed by atoms with E-state index in [4.69, 9.17) is 5.73 Å². The van der Waals surface area contributed by atoms with Gasteiger partial charge in [0.25, 0.3) is 0 Å². The van der Waals surface area contributed by atoms with Crippen LogP contribution >= 0.6 is 11.8 Å². The highest BCUT2D eigenvalue weighted by Crippen LogP contribution is 2.16. The molecule has 0 aliphatic carbocycles. The van der Waals surface area contributed by atoms with Gasteiger partial charge < -0.3 is 5.73 Å². The van der Waals surface area contributed by atoms with Crippen molar-refractivity contribution < 1.29 is 0 Å². The fourth-order valence-electron chi connectivity index (χ4n) is 2.73. The summed E-state index contributed by atoms with van der Waals surface area (Å²) in [5.74, 6) is 2.60. The van der Waals surface area contributed by atoms with Crippen LogP contribution in [-0.4, -0.2) is 42.1 Å². The van der Waals surface area contributed by atoms with Crippen LogP contribution in [0.5, 0.6) is 0 Å². The Kier molecular flexibility index (Phi) is 10.1. The Bertz CT molecular complexity index is 181. The smallest absolute Gasteiger partial charge is 0.0219 e. The molecular formula is C15H32N2S. The number of unbranched alkanes of at least 4 members (excludes halogenated alkanes) is 6. The molecule has 1 atom stereocenters. The predicted octanol–water partition coefficient (Wildman–Crippen LogP) is 3.50. The summed E-state index contributed by atoms with van der Waals surface area (Å²) in [5.41, 5.74) is 5.94. The van der Waals surface area contributed by atoms with Crippen molar-refractivity contribution in [1.82, 2.24) is 4.90 Å². The van der Waals surface area contributed by atoms with Crippen LogP contribution in [0.1, 0.15) is 58.3 Å². The monoisotopic (exact) mass is 272 g/mol. The van der Waals surface area contributed by atoms with Gasteiger partial charge in [-0.1, -0.05) is 51.9 Å². The van der Waals surface area contributed by atoms with E-state index < -0.39 is 0 Å². The maximum Gasteiger partial charge on any atom is 0.0219 e. The largest absolute Gasteiger partial charge is 0.329 e. The minimum atomic E-state index is 0.654. The third kappa shape index (κ3) is 7.01. The van der Waals surface area contributed by atoms with Gasteiger partial charge in [0.1, 0.15) is 0 Å². The highest BCUT2D eigenvalue weighted by atomic mass is 32.2. The summed E-state index contributed by atoms with van der Waals surface area (Å²) in [6, 6.07) is 0.654. The molecule has 0 radical (unpaired) electrons. The zero-order valence-corrected chi connectivity index (χ0v) is 13.0. The Morgan fingerprint density at radius 1 is 1.00 bits per heavy atom. The van der Waals surface area contributed by atoms with Gasteiger partial charge in [-0.05, 0) is 6.42 Å². The molecule has 0 amide bonds. The highest BCUT2D eigenvalue weighted by molar-refractivity contribution is 7.99. The third-order valence-corrected chi connectivity index (χ3v) is 4.92. The van der Waals surface area contributed by atoms with Gasteiger partial charge in [0.2, 0.25) is 0 Å². The molecule has 1 unspecified atom stereocenters. The standard InChI is InChI=1S/C15H32N2S/c1-2-3-4-5-6-7-8-9-15(14-16)17-10-12-18-13-11-17/h15H,2-14,16H2,1H3. The zero-order chi connectivity index (χ0) is 13.1. The Morgan fingerprint density at radius 3 is 2.22 bits per heavy atom. The van der Waals surface area contributed by atoms with Gasteiger partial charge in [0.05, 0.1) is 0 Å². The number of nitrogens with two attached hydrogens (primary N) is 1. The SMILES string of the molecule is CCCCCCCCCC(CN)N1CCSCC1. The van der Waals surface area contributed by atoms with E-state index in [-0.39, 0.29) is 0 Å². The first-order chi connectivity index (χ1) is 8.88. The first kappa shape index (κ1) is 16.3. The van der Waals surface area contributed by atoms with Gasteiger partial charge in [0.15, 0.2) is 0 Å². The predicted molar refractivity (Wildman–Crippen MR) is 84.4 cm³/mol. The topological polar surface area (TPSA) is 29.3 Å². The summed E-state index contributed by atoms with van der Waals surface area (Å²) in [6.07, 6.45) is 11.1. The molecular weight excluding hydrogens is 240 g/mol. The zero-order valence-electron chi connectivity index (χ0n) is 12.2. The minimum absolute atomic E-state index is 0.654. The van der Waals surface area contributed by atoms with Crippen molar-refractivity contribution >= 4 is 11.8 Å². The van der Waals surface area contributed by atoms with E-state index >= 15 is 0 Å². The molecule has 0 aromatic carbocycles. The molecule has 1 fully saturated rings. The Balaban J connectivity index is 2.00. The summed E-state index contributed by atoms with van der Waals surface area (Å²) in [7, 11) is 0. The van der Waals surface area contributed by atoms with Crippen LogP contribution in [0.3, 0.4) is 0 Å². The molecule has 0 aromatic rings. The summed E-state index contributed by atoms with van der Waals surface area (Å²) in [4.78, 5) is 2.62. The quantitative estimate of drug-likeness (QED) is 0.617. The van der Waals surface area contributed by atoms with Crippen molar-refractivity contribution in [1.29, 1.82) is 0 Å². The van der Waals surface area contributed by atoms with Crippen LogP contribution in [0, 0.1) is 0 Å². The van der Waals surface area contributed by atoms with Crippen LogP contribution in [0.4, 0.5) is 0 Å². The maximum atomic E-state index is 5.94. The van der Waals surface area contributed by atoms with Crippen molar-refractivity contribution in [3.63, 3.8) is 0 Å². The summed E-state index contributed by atoms with van der Waals surface area (Å²) >= 11 is 2.08. The van der Waals surface area contributed by atoms with Crippen LogP contribution in [0.25, 0.3) is 0 Å². The Hall–Kier alpha value is 0.270. The number of hydrogen-bond acceptors (Lipinski definition) is 3. The fraction of sp³-hybridized carbons (Fsp3) is 1.00. The molecule has 18 heavy (non-hydrogen) atoms. The molecule has 3 heteroatoms. The minimum Gasteiger partial charge on any atom is -0.329 e. The van der Waals surface area contributed by atoms with Crippen molar-refractivity contribution in [2.24, 2.45) is 5.73 Å². The van der Waals surface area contributed by atoms with E-state index in [0.29, 0.717) is 6.04 Å². The normalized spacial score (nSPS) is 19.0. The fourth-order valence-corrected chi connectivity index (χ4v) is 3.66. The van der Waals surface area contributed by atoms with Crippen molar-refractivity contribution in [3.8, 4) is 0 Å². The molecule has 1 rings (SSSR count). The van der Waals surface area contributed by atoms with Gasteiger partial charge in [-0.2, -0.15) is 11.8 Å². The average Bonchev–Trinajstić information content (AvgIpc) is 2.43. The number of thioether (sulfide) groups is 1. The number of nitrogens with zero attached hydrogens (tertiary/aromatic N) is 1. The van der Waals surface area contributed by atoms with E-state index in [2.05, 4.69) is 23.6 Å². The highest BCUT2D eigenvalue weighted by Gasteiger charge is 2.18.